The number of nitrogens with one attached hydrogen (secondary N) is 2. The molecule has 7 nitrogen and oxygen atoms in total. The number of benzene rings is 3. The maximum absolute atomic E-state index is 12.3. The number of carbonyl (C=O) groups is 2. The number of halogens is 2. The van der Waals surface area contributed by atoms with E-state index < -0.39 is 11.8 Å². The van der Waals surface area contributed by atoms with E-state index in [2.05, 4.69) is 15.8 Å². The van der Waals surface area contributed by atoms with Crippen molar-refractivity contribution in [1.29, 1.82) is 0 Å². The summed E-state index contributed by atoms with van der Waals surface area (Å²) in [5, 5.41) is 7.54. The van der Waals surface area contributed by atoms with Gasteiger partial charge in [0.25, 0.3) is 0 Å². The zero-order chi connectivity index (χ0) is 26.4. The minimum atomic E-state index is -0.893. The number of aryl methyl sites for hydroxylation is 1. The van der Waals surface area contributed by atoms with Gasteiger partial charge < -0.3 is 14.6 Å². The highest BCUT2D eigenvalue weighted by Gasteiger charge is 2.15. The lowest BCUT2D eigenvalue weighted by atomic mass is 10.2. The monoisotopic (exact) mass is 534 g/mol. The third-order valence-electron chi connectivity index (χ3n) is 5.56. The summed E-state index contributed by atoms with van der Waals surface area (Å²) in [5.41, 5.74) is 7.08. The summed E-state index contributed by atoms with van der Waals surface area (Å²) in [6.07, 6.45) is 1.48. The highest BCUT2D eigenvalue weighted by atomic mass is 35.5. The van der Waals surface area contributed by atoms with Crippen molar-refractivity contribution in [2.45, 2.75) is 20.5 Å². The molecule has 0 aliphatic rings. The van der Waals surface area contributed by atoms with E-state index in [1.807, 2.05) is 60.9 Å². The molecule has 188 valence electrons. The number of nitrogens with zero attached hydrogens (tertiary/aromatic N) is 2. The Morgan fingerprint density at radius 3 is 2.38 bits per heavy atom. The summed E-state index contributed by atoms with van der Waals surface area (Å²) < 4.78 is 7.69. The number of hydrogen-bond acceptors (Lipinski definition) is 4. The molecule has 0 saturated heterocycles. The average molecular weight is 535 g/mol. The summed E-state index contributed by atoms with van der Waals surface area (Å²) in [6.45, 7) is 4.27. The van der Waals surface area contributed by atoms with Crippen molar-refractivity contribution in [2.75, 3.05) is 5.32 Å². The second-order valence-electron chi connectivity index (χ2n) is 8.21. The third-order valence-corrected chi connectivity index (χ3v) is 6.10. The van der Waals surface area contributed by atoms with E-state index in [0.29, 0.717) is 28.1 Å². The highest BCUT2D eigenvalue weighted by molar-refractivity contribution is 6.39. The molecule has 4 aromatic rings. The van der Waals surface area contributed by atoms with Gasteiger partial charge in [-0.15, -0.1) is 0 Å². The average Bonchev–Trinajstić information content (AvgIpc) is 3.17. The minimum absolute atomic E-state index is 0.433. The molecule has 0 saturated carbocycles. The number of carbonyl (C=O) groups excluding carboxylic acids is 2. The van der Waals surface area contributed by atoms with E-state index in [-0.39, 0.29) is 0 Å². The molecule has 0 fully saturated rings. The van der Waals surface area contributed by atoms with Crippen LogP contribution in [0.3, 0.4) is 0 Å². The highest BCUT2D eigenvalue weighted by Crippen LogP contribution is 2.28. The lowest BCUT2D eigenvalue weighted by Gasteiger charge is -2.11. The Bertz CT molecular complexity index is 1450. The van der Waals surface area contributed by atoms with Crippen molar-refractivity contribution in [3.63, 3.8) is 0 Å². The second-order valence-corrected chi connectivity index (χ2v) is 9.05. The summed E-state index contributed by atoms with van der Waals surface area (Å²) in [7, 11) is 0. The summed E-state index contributed by atoms with van der Waals surface area (Å²) in [6, 6.07) is 23.7. The molecule has 0 aliphatic carbocycles. The summed E-state index contributed by atoms with van der Waals surface area (Å²) in [4.78, 5) is 24.5. The number of aromatic nitrogens is 1. The number of hydrogen-bond donors (Lipinski definition) is 2. The van der Waals surface area contributed by atoms with Crippen LogP contribution in [0.4, 0.5) is 5.69 Å². The molecule has 0 bridgehead atoms. The number of hydrazone groups is 1. The lowest BCUT2D eigenvalue weighted by molar-refractivity contribution is -0.136. The van der Waals surface area contributed by atoms with E-state index >= 15 is 0 Å². The van der Waals surface area contributed by atoms with Gasteiger partial charge in [-0.3, -0.25) is 9.59 Å². The topological polar surface area (TPSA) is 84.7 Å². The first kappa shape index (κ1) is 26.0. The normalized spacial score (nSPS) is 10.9. The van der Waals surface area contributed by atoms with Crippen molar-refractivity contribution in [1.82, 2.24) is 9.99 Å². The number of ether oxygens (including phenoxy) is 1. The Labute approximate surface area is 224 Å². The fourth-order valence-electron chi connectivity index (χ4n) is 3.73. The van der Waals surface area contributed by atoms with Crippen molar-refractivity contribution in [3.8, 4) is 11.4 Å². The van der Waals surface area contributed by atoms with E-state index in [9.17, 15) is 9.59 Å². The molecule has 9 heteroatoms. The van der Waals surface area contributed by atoms with E-state index in [0.717, 1.165) is 28.2 Å². The molecule has 0 atom stereocenters. The van der Waals surface area contributed by atoms with Gasteiger partial charge in [-0.1, -0.05) is 53.5 Å². The molecule has 1 heterocycles. The zero-order valence-electron chi connectivity index (χ0n) is 20.2. The molecule has 0 spiro atoms. The van der Waals surface area contributed by atoms with E-state index in [1.54, 1.807) is 36.4 Å². The Kier molecular flexibility index (Phi) is 8.28. The molecule has 2 amide bonds. The van der Waals surface area contributed by atoms with Crippen LogP contribution < -0.4 is 15.5 Å². The fourth-order valence-corrected chi connectivity index (χ4v) is 4.22. The molecule has 2 N–H and O–H groups in total. The lowest BCUT2D eigenvalue weighted by Crippen LogP contribution is -2.32. The Morgan fingerprint density at radius 2 is 1.68 bits per heavy atom. The molecule has 3 aromatic carbocycles. The number of rotatable bonds is 7. The van der Waals surface area contributed by atoms with Crippen molar-refractivity contribution in [3.05, 3.63) is 111 Å². The van der Waals surface area contributed by atoms with Crippen LogP contribution in [-0.2, 0) is 16.2 Å². The van der Waals surface area contributed by atoms with Crippen LogP contribution in [-0.4, -0.2) is 22.6 Å². The zero-order valence-corrected chi connectivity index (χ0v) is 21.7. The van der Waals surface area contributed by atoms with Crippen LogP contribution >= 0.6 is 23.2 Å². The largest absolute Gasteiger partial charge is 0.489 e. The fraction of sp³-hybridized carbons (Fsp3) is 0.107. The van der Waals surface area contributed by atoms with Crippen molar-refractivity contribution < 1.29 is 14.3 Å². The van der Waals surface area contributed by atoms with Gasteiger partial charge in [0.05, 0.1) is 16.9 Å². The minimum Gasteiger partial charge on any atom is -0.489 e. The SMILES string of the molecule is Cc1cc(/C=N\NC(=O)C(=O)Nc2ccc(OCc3ccccc3)cc2)c(C)n1-c1ccc(Cl)cc1Cl. The molecule has 0 aliphatic heterocycles. The molecule has 0 radical (unpaired) electrons. The van der Waals surface area contributed by atoms with Gasteiger partial charge in [-0.2, -0.15) is 5.10 Å². The molecular weight excluding hydrogens is 511 g/mol. The first-order valence-corrected chi connectivity index (χ1v) is 12.1. The first-order chi connectivity index (χ1) is 17.8. The van der Waals surface area contributed by atoms with Gasteiger partial charge in [-0.25, -0.2) is 5.43 Å². The van der Waals surface area contributed by atoms with Gasteiger partial charge in [0.2, 0.25) is 0 Å². The van der Waals surface area contributed by atoms with Crippen molar-refractivity contribution in [2.24, 2.45) is 5.10 Å². The molecule has 4 rings (SSSR count). The van der Waals surface area contributed by atoms with E-state index in [4.69, 9.17) is 27.9 Å². The molecule has 1 aromatic heterocycles. The molecule has 37 heavy (non-hydrogen) atoms. The van der Waals surface area contributed by atoms with Crippen LogP contribution in [0.2, 0.25) is 10.0 Å². The Balaban J connectivity index is 1.32. The van der Waals surface area contributed by atoms with Gasteiger partial charge >= 0.3 is 11.8 Å². The smallest absolute Gasteiger partial charge is 0.329 e. The number of anilines is 1. The standard InChI is InChI=1S/C28H24Cl2N4O3/c1-18-14-21(19(2)34(18)26-13-8-22(29)15-25(26)30)16-31-33-28(36)27(35)32-23-9-11-24(12-10-23)37-17-20-6-4-3-5-7-20/h3-16H,17H2,1-2H3,(H,32,35)(H,33,36)/b31-16-. The predicted molar refractivity (Wildman–Crippen MR) is 147 cm³/mol. The van der Waals surface area contributed by atoms with Gasteiger partial charge in [0.15, 0.2) is 0 Å². The van der Waals surface area contributed by atoms with Gasteiger partial charge in [-0.05, 0) is 67.9 Å². The van der Waals surface area contributed by atoms with Gasteiger partial charge in [0.1, 0.15) is 12.4 Å². The van der Waals surface area contributed by atoms with Crippen molar-refractivity contribution >= 4 is 46.9 Å². The van der Waals surface area contributed by atoms with Crippen LogP contribution in [0.5, 0.6) is 5.75 Å². The van der Waals surface area contributed by atoms with Crippen LogP contribution in [0, 0.1) is 13.8 Å². The summed E-state index contributed by atoms with van der Waals surface area (Å²) in [5.74, 6) is -1.09. The second kappa shape index (κ2) is 11.8. The van der Waals surface area contributed by atoms with E-state index in [1.165, 1.54) is 6.21 Å². The van der Waals surface area contributed by atoms with Crippen LogP contribution in [0.1, 0.15) is 22.5 Å². The molecule has 0 unspecified atom stereocenters. The molecular formula is C28H24Cl2N4O3. The predicted octanol–water partition coefficient (Wildman–Crippen LogP) is 6.07. The quantitative estimate of drug-likeness (QED) is 0.171. The van der Waals surface area contributed by atoms with Crippen LogP contribution in [0.25, 0.3) is 5.69 Å². The number of amides is 2. The first-order valence-electron chi connectivity index (χ1n) is 11.4. The third kappa shape index (κ3) is 6.58. The Hall–Kier alpha value is -4.07. The maximum Gasteiger partial charge on any atom is 0.329 e. The maximum atomic E-state index is 12.3. The Morgan fingerprint density at radius 1 is 0.946 bits per heavy atom. The summed E-state index contributed by atoms with van der Waals surface area (Å²) >= 11 is 12.4. The van der Waals surface area contributed by atoms with Gasteiger partial charge in [0, 0.05) is 27.7 Å². The van der Waals surface area contributed by atoms with Crippen LogP contribution in [0.15, 0.2) is 84.0 Å².